The number of hydrogen-bond acceptors (Lipinski definition) is 4. The predicted octanol–water partition coefficient (Wildman–Crippen LogP) is 1.32. The van der Waals surface area contributed by atoms with E-state index in [2.05, 4.69) is 17.4 Å². The van der Waals surface area contributed by atoms with Gasteiger partial charge in [0.1, 0.15) is 0 Å². The predicted molar refractivity (Wildman–Crippen MR) is 71.4 cm³/mol. The van der Waals surface area contributed by atoms with Crippen molar-refractivity contribution in [1.29, 1.82) is 0 Å². The van der Waals surface area contributed by atoms with Gasteiger partial charge in [0.2, 0.25) is 0 Å². The maximum atomic E-state index is 8.98. The lowest BCUT2D eigenvalue weighted by molar-refractivity contribution is 0.147. The fourth-order valence-electron chi connectivity index (χ4n) is 1.88. The van der Waals surface area contributed by atoms with Crippen LogP contribution < -0.4 is 5.32 Å². The van der Waals surface area contributed by atoms with Gasteiger partial charge in [-0.3, -0.25) is 0 Å². The number of hydrogen-bond donors (Lipinski definition) is 2. The molecule has 1 unspecified atom stereocenters. The fourth-order valence-corrected chi connectivity index (χ4v) is 1.88. The first-order valence-electron chi connectivity index (χ1n) is 6.20. The van der Waals surface area contributed by atoms with Gasteiger partial charge < -0.3 is 19.9 Å². The van der Waals surface area contributed by atoms with Crippen molar-refractivity contribution in [2.24, 2.45) is 0 Å². The molecule has 1 atom stereocenters. The Kier molecular flexibility index (Phi) is 7.60. The van der Waals surface area contributed by atoms with Gasteiger partial charge >= 0.3 is 0 Å². The van der Waals surface area contributed by atoms with E-state index < -0.39 is 0 Å². The second-order valence-electron chi connectivity index (χ2n) is 4.25. The summed E-state index contributed by atoms with van der Waals surface area (Å²) >= 11 is 0. The highest BCUT2D eigenvalue weighted by Gasteiger charge is 2.08. The van der Waals surface area contributed by atoms with E-state index >= 15 is 0 Å². The molecule has 0 heterocycles. The number of benzene rings is 1. The van der Waals surface area contributed by atoms with E-state index in [0.717, 1.165) is 6.54 Å². The molecule has 0 amide bonds. The zero-order valence-electron chi connectivity index (χ0n) is 11.2. The van der Waals surface area contributed by atoms with E-state index in [-0.39, 0.29) is 12.6 Å². The lowest BCUT2D eigenvalue weighted by atomic mass is 10.1. The van der Waals surface area contributed by atoms with Gasteiger partial charge in [0.25, 0.3) is 0 Å². The average Bonchev–Trinajstić information content (AvgIpc) is 2.38. The fraction of sp³-hybridized carbons (Fsp3) is 0.571. The molecule has 0 aliphatic carbocycles. The first kappa shape index (κ1) is 15.1. The van der Waals surface area contributed by atoms with Crippen LogP contribution in [0, 0.1) is 0 Å². The van der Waals surface area contributed by atoms with Gasteiger partial charge in [-0.2, -0.15) is 0 Å². The van der Waals surface area contributed by atoms with E-state index in [0.29, 0.717) is 19.6 Å². The monoisotopic (exact) mass is 253 g/mol. The number of methoxy groups -OCH3 is 2. The number of ether oxygens (including phenoxy) is 2. The lowest BCUT2D eigenvalue weighted by Gasteiger charge is -2.18. The van der Waals surface area contributed by atoms with Crippen LogP contribution in [0.25, 0.3) is 0 Å². The minimum Gasteiger partial charge on any atom is -0.396 e. The normalized spacial score (nSPS) is 12.6. The molecule has 0 saturated heterocycles. The molecule has 1 aromatic carbocycles. The first-order valence-corrected chi connectivity index (χ1v) is 6.20. The quantitative estimate of drug-likeness (QED) is 0.697. The molecular weight excluding hydrogens is 230 g/mol. The van der Waals surface area contributed by atoms with Crippen LogP contribution in [0.5, 0.6) is 0 Å². The van der Waals surface area contributed by atoms with Crippen molar-refractivity contribution >= 4 is 0 Å². The van der Waals surface area contributed by atoms with Crippen LogP contribution in [0.2, 0.25) is 0 Å². The molecular formula is C14H23NO3. The third-order valence-electron chi connectivity index (χ3n) is 2.84. The number of rotatable bonds is 9. The van der Waals surface area contributed by atoms with Crippen LogP contribution in [0.1, 0.15) is 17.5 Å². The molecule has 102 valence electrons. The van der Waals surface area contributed by atoms with E-state index in [1.807, 2.05) is 12.1 Å². The van der Waals surface area contributed by atoms with E-state index in [4.69, 9.17) is 14.6 Å². The molecule has 0 spiro atoms. The molecule has 1 rings (SSSR count). The van der Waals surface area contributed by atoms with Crippen molar-refractivity contribution in [3.05, 3.63) is 35.4 Å². The Bertz CT molecular complexity index is 325. The summed E-state index contributed by atoms with van der Waals surface area (Å²) in [4.78, 5) is 0. The zero-order valence-corrected chi connectivity index (χ0v) is 11.2. The second-order valence-corrected chi connectivity index (χ2v) is 4.25. The summed E-state index contributed by atoms with van der Waals surface area (Å²) in [7, 11) is 3.37. The van der Waals surface area contributed by atoms with Crippen molar-refractivity contribution in [1.82, 2.24) is 5.32 Å². The van der Waals surface area contributed by atoms with E-state index in [1.165, 1.54) is 11.1 Å². The Balaban J connectivity index is 2.54. The van der Waals surface area contributed by atoms with Gasteiger partial charge in [0, 0.05) is 33.4 Å². The third-order valence-corrected chi connectivity index (χ3v) is 2.84. The van der Waals surface area contributed by atoms with Crippen molar-refractivity contribution in [2.45, 2.75) is 25.6 Å². The second kappa shape index (κ2) is 9.05. The van der Waals surface area contributed by atoms with E-state index in [1.54, 1.807) is 14.2 Å². The van der Waals surface area contributed by atoms with Crippen LogP contribution in [-0.2, 0) is 22.6 Å². The van der Waals surface area contributed by atoms with Crippen molar-refractivity contribution in [3.8, 4) is 0 Å². The minimum atomic E-state index is 0.167. The topological polar surface area (TPSA) is 50.7 Å². The summed E-state index contributed by atoms with van der Waals surface area (Å²) in [5.74, 6) is 0. The maximum Gasteiger partial charge on any atom is 0.0716 e. The van der Waals surface area contributed by atoms with Crippen molar-refractivity contribution in [2.75, 3.05) is 27.4 Å². The lowest BCUT2D eigenvalue weighted by Crippen LogP contribution is -2.33. The summed E-state index contributed by atoms with van der Waals surface area (Å²) in [5.41, 5.74) is 2.41. The Morgan fingerprint density at radius 2 is 1.89 bits per heavy atom. The summed E-state index contributed by atoms with van der Waals surface area (Å²) in [5, 5.41) is 12.4. The number of aliphatic hydroxyl groups excluding tert-OH is 1. The third kappa shape index (κ3) is 5.14. The Hall–Kier alpha value is -0.940. The van der Waals surface area contributed by atoms with Gasteiger partial charge in [-0.1, -0.05) is 24.3 Å². The van der Waals surface area contributed by atoms with Gasteiger partial charge in [-0.05, 0) is 17.5 Å². The molecule has 0 aliphatic heterocycles. The average molecular weight is 253 g/mol. The standard InChI is InChI=1S/C14H23NO3/c1-17-10-13-6-4-3-5-12(13)9-15-14(7-8-16)11-18-2/h3-6,14-16H,7-11H2,1-2H3. The van der Waals surface area contributed by atoms with Gasteiger partial charge in [-0.25, -0.2) is 0 Å². The Labute approximate surface area is 109 Å². The smallest absolute Gasteiger partial charge is 0.0716 e. The van der Waals surface area contributed by atoms with Crippen LogP contribution in [0.3, 0.4) is 0 Å². The molecule has 18 heavy (non-hydrogen) atoms. The largest absolute Gasteiger partial charge is 0.396 e. The Morgan fingerprint density at radius 3 is 2.50 bits per heavy atom. The van der Waals surface area contributed by atoms with Crippen molar-refractivity contribution < 1.29 is 14.6 Å². The number of aliphatic hydroxyl groups is 1. The Morgan fingerprint density at radius 1 is 1.17 bits per heavy atom. The molecule has 0 radical (unpaired) electrons. The summed E-state index contributed by atoms with van der Waals surface area (Å²) in [6.45, 7) is 2.15. The summed E-state index contributed by atoms with van der Waals surface area (Å²) < 4.78 is 10.3. The maximum absolute atomic E-state index is 8.98. The van der Waals surface area contributed by atoms with Crippen LogP contribution >= 0.6 is 0 Å². The molecule has 4 nitrogen and oxygen atoms in total. The SMILES string of the molecule is COCc1ccccc1CNC(CCO)COC. The molecule has 0 aromatic heterocycles. The van der Waals surface area contributed by atoms with E-state index in [9.17, 15) is 0 Å². The molecule has 0 bridgehead atoms. The molecule has 1 aromatic rings. The number of nitrogens with one attached hydrogen (secondary N) is 1. The summed E-state index contributed by atoms with van der Waals surface area (Å²) in [6, 6.07) is 8.36. The molecule has 0 aliphatic rings. The highest BCUT2D eigenvalue weighted by molar-refractivity contribution is 5.26. The molecule has 4 heteroatoms. The van der Waals surface area contributed by atoms with Crippen LogP contribution in [0.4, 0.5) is 0 Å². The zero-order chi connectivity index (χ0) is 13.2. The minimum absolute atomic E-state index is 0.167. The first-order chi connectivity index (χ1) is 8.81. The molecule has 0 fully saturated rings. The van der Waals surface area contributed by atoms with Crippen LogP contribution in [-0.4, -0.2) is 38.6 Å². The summed E-state index contributed by atoms with van der Waals surface area (Å²) in [6.07, 6.45) is 0.695. The van der Waals surface area contributed by atoms with Gasteiger partial charge in [0.05, 0.1) is 13.2 Å². The molecule has 0 saturated carbocycles. The van der Waals surface area contributed by atoms with Gasteiger partial charge in [0.15, 0.2) is 0 Å². The highest BCUT2D eigenvalue weighted by Crippen LogP contribution is 2.10. The van der Waals surface area contributed by atoms with Crippen LogP contribution in [0.15, 0.2) is 24.3 Å². The van der Waals surface area contributed by atoms with Gasteiger partial charge in [-0.15, -0.1) is 0 Å². The van der Waals surface area contributed by atoms with Crippen molar-refractivity contribution in [3.63, 3.8) is 0 Å². The molecule has 2 N–H and O–H groups in total. The highest BCUT2D eigenvalue weighted by atomic mass is 16.5.